The van der Waals surface area contributed by atoms with E-state index in [0.29, 0.717) is 17.1 Å². The molecule has 1 aromatic carbocycles. The first-order chi connectivity index (χ1) is 14.1. The van der Waals surface area contributed by atoms with Gasteiger partial charge in [0.05, 0.1) is 17.7 Å². The van der Waals surface area contributed by atoms with E-state index in [1.807, 2.05) is 45.9 Å². The molecule has 2 bridgehead atoms. The maximum absolute atomic E-state index is 13.1. The number of hydrogen-bond donors (Lipinski definition) is 0. The van der Waals surface area contributed by atoms with Crippen molar-refractivity contribution in [3.8, 4) is 22.5 Å². The quantitative estimate of drug-likeness (QED) is 0.666. The smallest absolute Gasteiger partial charge is 0.242 e. The van der Waals surface area contributed by atoms with Gasteiger partial charge >= 0.3 is 0 Å². The number of carbonyl (C=O) groups is 1. The van der Waals surface area contributed by atoms with Gasteiger partial charge < -0.3 is 9.47 Å². The monoisotopic (exact) mass is 407 g/mol. The molecule has 0 spiro atoms. The summed E-state index contributed by atoms with van der Waals surface area (Å²) < 4.78 is 1.96. The second-order valence-corrected chi connectivity index (χ2v) is 8.28. The number of rotatable bonds is 4. The van der Waals surface area contributed by atoms with Crippen LogP contribution in [0.25, 0.3) is 22.5 Å². The number of amides is 1. The molecule has 148 valence electrons. The summed E-state index contributed by atoms with van der Waals surface area (Å²) in [7, 11) is 2.14. The van der Waals surface area contributed by atoms with Gasteiger partial charge in [0.25, 0.3) is 0 Å². The molecule has 2 aliphatic heterocycles. The van der Waals surface area contributed by atoms with Gasteiger partial charge in [0.2, 0.25) is 5.91 Å². The summed E-state index contributed by atoms with van der Waals surface area (Å²) in [4.78, 5) is 26.3. The second kappa shape index (κ2) is 7.28. The zero-order valence-corrected chi connectivity index (χ0v) is 17.0. The van der Waals surface area contributed by atoms with Gasteiger partial charge in [0.15, 0.2) is 0 Å². The lowest BCUT2D eigenvalue weighted by molar-refractivity contribution is -0.134. The van der Waals surface area contributed by atoms with Crippen molar-refractivity contribution in [2.45, 2.75) is 25.0 Å². The molecule has 2 aromatic heterocycles. The van der Waals surface area contributed by atoms with Crippen LogP contribution in [-0.2, 0) is 11.3 Å². The number of likely N-dealkylation sites (N-methyl/N-ethyl adjacent to an activating group) is 1. The molecule has 3 aromatic rings. The maximum Gasteiger partial charge on any atom is 0.242 e. The summed E-state index contributed by atoms with van der Waals surface area (Å²) in [6.45, 7) is 2.07. The Bertz CT molecular complexity index is 1030. The minimum absolute atomic E-state index is 0.154. The molecule has 29 heavy (non-hydrogen) atoms. The van der Waals surface area contributed by atoms with Crippen LogP contribution in [0.5, 0.6) is 0 Å². The zero-order chi connectivity index (χ0) is 20.0. The number of halogens is 1. The topological polar surface area (TPSA) is 54.3 Å². The Kier molecular flexibility index (Phi) is 4.60. The molecule has 0 saturated carbocycles. The Balaban J connectivity index is 1.48. The first-order valence-corrected chi connectivity index (χ1v) is 10.2. The van der Waals surface area contributed by atoms with Crippen molar-refractivity contribution in [3.05, 3.63) is 60.1 Å². The highest BCUT2D eigenvalue weighted by Gasteiger charge is 2.43. The molecule has 7 heteroatoms. The lowest BCUT2D eigenvalue weighted by atomic mass is 10.1. The van der Waals surface area contributed by atoms with E-state index in [1.54, 1.807) is 18.7 Å². The van der Waals surface area contributed by atoms with Crippen LogP contribution in [0.3, 0.4) is 0 Å². The lowest BCUT2D eigenvalue weighted by Gasteiger charge is -2.32. The van der Waals surface area contributed by atoms with Gasteiger partial charge in [0.1, 0.15) is 6.54 Å². The Labute approximate surface area is 174 Å². The van der Waals surface area contributed by atoms with Gasteiger partial charge in [-0.3, -0.25) is 14.7 Å². The molecule has 6 nitrogen and oxygen atoms in total. The van der Waals surface area contributed by atoms with E-state index in [9.17, 15) is 4.79 Å². The number of likely N-dealkylation sites (tertiary alicyclic amines) is 2. The number of hydrogen-bond acceptors (Lipinski definition) is 4. The zero-order valence-electron chi connectivity index (χ0n) is 16.2. The molecule has 2 saturated heterocycles. The maximum atomic E-state index is 13.1. The minimum Gasteiger partial charge on any atom is -0.335 e. The van der Waals surface area contributed by atoms with Crippen LogP contribution in [0.4, 0.5) is 0 Å². The first kappa shape index (κ1) is 18.3. The summed E-state index contributed by atoms with van der Waals surface area (Å²) in [6.07, 6.45) is 6.36. The SMILES string of the molecule is CN1C[C@H]2C[C@@H]1CN2C(=O)Cn1cnc(-c2ccc(Cl)cc2)c1-c1ccncc1. The number of aromatic nitrogens is 3. The van der Waals surface area contributed by atoms with E-state index in [2.05, 4.69) is 21.9 Å². The van der Waals surface area contributed by atoms with Crippen LogP contribution in [0.2, 0.25) is 5.02 Å². The molecule has 2 fully saturated rings. The molecule has 1 amide bonds. The number of pyridine rings is 1. The second-order valence-electron chi connectivity index (χ2n) is 7.84. The molecule has 5 rings (SSSR count). The third-order valence-corrected chi connectivity index (χ3v) is 6.30. The fourth-order valence-electron chi connectivity index (χ4n) is 4.54. The molecule has 4 heterocycles. The third-order valence-electron chi connectivity index (χ3n) is 6.05. The molecule has 0 radical (unpaired) electrons. The van der Waals surface area contributed by atoms with E-state index in [-0.39, 0.29) is 12.5 Å². The van der Waals surface area contributed by atoms with Gasteiger partial charge in [-0.1, -0.05) is 23.7 Å². The number of benzene rings is 1. The van der Waals surface area contributed by atoms with Crippen molar-refractivity contribution in [1.29, 1.82) is 0 Å². The highest BCUT2D eigenvalue weighted by atomic mass is 35.5. The predicted molar refractivity (Wildman–Crippen MR) is 112 cm³/mol. The number of imidazole rings is 1. The van der Waals surface area contributed by atoms with E-state index in [1.165, 1.54) is 0 Å². The Hall–Kier alpha value is -2.70. The molecule has 2 aliphatic rings. The Morgan fingerprint density at radius 3 is 2.48 bits per heavy atom. The van der Waals surface area contributed by atoms with E-state index in [0.717, 1.165) is 42.0 Å². The van der Waals surface area contributed by atoms with Crippen molar-refractivity contribution in [3.63, 3.8) is 0 Å². The van der Waals surface area contributed by atoms with Gasteiger partial charge in [-0.15, -0.1) is 0 Å². The number of carbonyl (C=O) groups excluding carboxylic acids is 1. The summed E-state index contributed by atoms with van der Waals surface area (Å²) >= 11 is 6.06. The highest BCUT2D eigenvalue weighted by molar-refractivity contribution is 6.30. The van der Waals surface area contributed by atoms with Gasteiger partial charge in [-0.05, 0) is 37.7 Å². The summed E-state index contributed by atoms with van der Waals surface area (Å²) in [5, 5.41) is 0.683. The van der Waals surface area contributed by atoms with Gasteiger partial charge in [0, 0.05) is 53.7 Å². The van der Waals surface area contributed by atoms with Crippen LogP contribution in [0.15, 0.2) is 55.1 Å². The molecule has 0 aliphatic carbocycles. The van der Waals surface area contributed by atoms with Gasteiger partial charge in [-0.2, -0.15) is 0 Å². The van der Waals surface area contributed by atoms with Crippen molar-refractivity contribution >= 4 is 17.5 Å². The first-order valence-electron chi connectivity index (χ1n) is 9.81. The fourth-order valence-corrected chi connectivity index (χ4v) is 4.67. The van der Waals surface area contributed by atoms with Crippen molar-refractivity contribution < 1.29 is 4.79 Å². The van der Waals surface area contributed by atoms with E-state index in [4.69, 9.17) is 11.6 Å². The normalized spacial score (nSPS) is 21.1. The number of nitrogens with zero attached hydrogens (tertiary/aromatic N) is 5. The summed E-state index contributed by atoms with van der Waals surface area (Å²) in [5.41, 5.74) is 3.71. The molecule has 0 unspecified atom stereocenters. The number of piperazine rings is 1. The lowest BCUT2D eigenvalue weighted by Crippen LogP contribution is -2.48. The molecule has 0 N–H and O–H groups in total. The van der Waals surface area contributed by atoms with Crippen LogP contribution in [0.1, 0.15) is 6.42 Å². The molecular formula is C22H22ClN5O. The third kappa shape index (κ3) is 3.32. The number of fused-ring (bicyclic) bond motifs is 2. The van der Waals surface area contributed by atoms with E-state index >= 15 is 0 Å². The van der Waals surface area contributed by atoms with Crippen LogP contribution in [-0.4, -0.2) is 62.5 Å². The summed E-state index contributed by atoms with van der Waals surface area (Å²) in [6, 6.07) is 12.4. The highest BCUT2D eigenvalue weighted by Crippen LogP contribution is 2.33. The van der Waals surface area contributed by atoms with Crippen molar-refractivity contribution in [2.75, 3.05) is 20.1 Å². The van der Waals surface area contributed by atoms with Crippen LogP contribution >= 0.6 is 11.6 Å². The molecule has 2 atom stereocenters. The van der Waals surface area contributed by atoms with Crippen LogP contribution in [0, 0.1) is 0 Å². The van der Waals surface area contributed by atoms with Crippen LogP contribution < -0.4 is 0 Å². The van der Waals surface area contributed by atoms with Gasteiger partial charge in [-0.25, -0.2) is 4.98 Å². The fraction of sp³-hybridized carbons (Fsp3) is 0.318. The largest absolute Gasteiger partial charge is 0.335 e. The van der Waals surface area contributed by atoms with E-state index < -0.39 is 0 Å². The average molecular weight is 408 g/mol. The summed E-state index contributed by atoms with van der Waals surface area (Å²) in [5.74, 6) is 0.154. The minimum atomic E-state index is 0.154. The van der Waals surface area contributed by atoms with Crippen molar-refractivity contribution in [1.82, 2.24) is 24.3 Å². The predicted octanol–water partition coefficient (Wildman–Crippen LogP) is 3.18. The standard InChI is InChI=1S/C22H22ClN5O/c1-26-11-19-10-18(26)12-28(19)20(29)13-27-14-25-21(15-2-4-17(23)5-3-15)22(27)16-6-8-24-9-7-16/h2-9,14,18-19H,10-13H2,1H3/t18-,19-/m1/s1. The average Bonchev–Trinajstić information content (AvgIpc) is 3.43. The Morgan fingerprint density at radius 2 is 1.83 bits per heavy atom. The van der Waals surface area contributed by atoms with Crippen molar-refractivity contribution in [2.24, 2.45) is 0 Å². The Morgan fingerprint density at radius 1 is 1.07 bits per heavy atom. The molecular weight excluding hydrogens is 386 g/mol.